The number of fused-ring (bicyclic) bond motifs is 2. The van der Waals surface area contributed by atoms with Gasteiger partial charge in [0.1, 0.15) is 23.5 Å². The van der Waals surface area contributed by atoms with Gasteiger partial charge in [-0.2, -0.15) is 0 Å². The molecule has 0 saturated heterocycles. The topological polar surface area (TPSA) is 101 Å². The Bertz CT molecular complexity index is 1600. The Morgan fingerprint density at radius 1 is 1.12 bits per heavy atom. The van der Waals surface area contributed by atoms with Crippen LogP contribution in [0.1, 0.15) is 18.8 Å². The van der Waals surface area contributed by atoms with E-state index in [4.69, 9.17) is 34.8 Å². The summed E-state index contributed by atoms with van der Waals surface area (Å²) in [6, 6.07) is 6.68. The van der Waals surface area contributed by atoms with Crippen LogP contribution in [0.4, 0.5) is 10.2 Å². The molecule has 12 heteroatoms. The lowest BCUT2D eigenvalue weighted by molar-refractivity contribution is 0.629. The second-order valence-electron chi connectivity index (χ2n) is 7.15. The summed E-state index contributed by atoms with van der Waals surface area (Å²) >= 11 is 18.6. The van der Waals surface area contributed by atoms with Gasteiger partial charge in [-0.1, -0.05) is 34.8 Å². The molecule has 0 aliphatic heterocycles. The van der Waals surface area contributed by atoms with Crippen molar-refractivity contribution in [3.63, 3.8) is 0 Å². The first-order valence-electron chi connectivity index (χ1n) is 9.62. The Kier molecular flexibility index (Phi) is 5.40. The lowest BCUT2D eigenvalue weighted by Crippen LogP contribution is -2.28. The molecule has 5 aromatic rings. The van der Waals surface area contributed by atoms with Crippen molar-refractivity contribution >= 4 is 62.7 Å². The van der Waals surface area contributed by atoms with Crippen LogP contribution in [0.25, 0.3) is 27.8 Å². The van der Waals surface area contributed by atoms with Gasteiger partial charge in [-0.25, -0.2) is 24.3 Å². The van der Waals surface area contributed by atoms with E-state index in [1.807, 2.05) is 0 Å². The van der Waals surface area contributed by atoms with Crippen LogP contribution in [0.15, 0.2) is 47.8 Å². The summed E-state index contributed by atoms with van der Waals surface area (Å²) in [5, 5.41) is 3.44. The zero-order chi connectivity index (χ0) is 23.3. The van der Waals surface area contributed by atoms with Gasteiger partial charge in [-0.3, -0.25) is 9.36 Å². The molecule has 1 atom stereocenters. The van der Waals surface area contributed by atoms with Crippen LogP contribution in [0, 0.1) is 5.82 Å². The fourth-order valence-electron chi connectivity index (χ4n) is 3.55. The molecule has 2 N–H and O–H groups in total. The molecular weight excluding hydrogens is 492 g/mol. The Morgan fingerprint density at radius 2 is 1.94 bits per heavy atom. The highest BCUT2D eigenvalue weighted by molar-refractivity contribution is 6.36. The van der Waals surface area contributed by atoms with Crippen molar-refractivity contribution in [1.82, 2.24) is 29.5 Å². The SMILES string of the molecule is CC(Nc1ncnc2[nH]cnc12)c1nc2ccc(F)c(Cl)c2c(=O)n1-c1ccc(Cl)cc1Cl. The average molecular weight is 505 g/mol. The monoisotopic (exact) mass is 503 g/mol. The normalized spacial score (nSPS) is 12.4. The van der Waals surface area contributed by atoms with E-state index in [2.05, 4.69) is 30.2 Å². The summed E-state index contributed by atoms with van der Waals surface area (Å²) in [4.78, 5) is 33.7. The average Bonchev–Trinajstić information content (AvgIpc) is 3.27. The van der Waals surface area contributed by atoms with Gasteiger partial charge >= 0.3 is 0 Å². The van der Waals surface area contributed by atoms with Crippen molar-refractivity contribution < 1.29 is 4.39 Å². The van der Waals surface area contributed by atoms with Crippen LogP contribution in [-0.4, -0.2) is 29.5 Å². The maximum Gasteiger partial charge on any atom is 0.267 e. The first-order valence-corrected chi connectivity index (χ1v) is 10.7. The number of hydrogen-bond acceptors (Lipinski definition) is 6. The number of imidazole rings is 1. The molecule has 0 saturated carbocycles. The second kappa shape index (κ2) is 8.26. The predicted octanol–water partition coefficient (Wildman–Crippen LogP) is 5.32. The Hall–Kier alpha value is -3.27. The number of nitrogens with one attached hydrogen (secondary N) is 2. The van der Waals surface area contributed by atoms with E-state index in [-0.39, 0.29) is 20.9 Å². The fourth-order valence-corrected chi connectivity index (χ4v) is 4.29. The minimum Gasteiger partial charge on any atom is -0.358 e. The van der Waals surface area contributed by atoms with Gasteiger partial charge in [0, 0.05) is 5.02 Å². The molecule has 0 aliphatic rings. The molecule has 8 nitrogen and oxygen atoms in total. The number of aromatic nitrogens is 6. The number of H-pyrrole nitrogens is 1. The summed E-state index contributed by atoms with van der Waals surface area (Å²) in [7, 11) is 0. The van der Waals surface area contributed by atoms with Gasteiger partial charge in [-0.15, -0.1) is 0 Å². The lowest BCUT2D eigenvalue weighted by Gasteiger charge is -2.21. The molecule has 3 heterocycles. The zero-order valence-corrected chi connectivity index (χ0v) is 19.0. The number of rotatable bonds is 4. The van der Waals surface area contributed by atoms with E-state index in [0.29, 0.717) is 33.5 Å². The molecule has 0 aliphatic carbocycles. The number of halogens is 4. The van der Waals surface area contributed by atoms with Crippen molar-refractivity contribution in [1.29, 1.82) is 0 Å². The quantitative estimate of drug-likeness (QED) is 0.343. The largest absolute Gasteiger partial charge is 0.358 e. The summed E-state index contributed by atoms with van der Waals surface area (Å²) in [6.45, 7) is 1.79. The maximum atomic E-state index is 14.2. The van der Waals surface area contributed by atoms with Gasteiger partial charge in [0.25, 0.3) is 5.56 Å². The van der Waals surface area contributed by atoms with Crippen LogP contribution in [-0.2, 0) is 0 Å². The van der Waals surface area contributed by atoms with Crippen LogP contribution >= 0.6 is 34.8 Å². The van der Waals surface area contributed by atoms with E-state index >= 15 is 0 Å². The minimum atomic E-state index is -0.724. The molecule has 3 aromatic heterocycles. The van der Waals surface area contributed by atoms with Crippen molar-refractivity contribution in [3.05, 3.63) is 80.0 Å². The third-order valence-corrected chi connectivity index (χ3v) is 5.97. The standard InChI is InChI=1S/C21H13Cl3FN7O/c1-9(30-19-17-18(27-7-26-17)28-8-29-19)20-31-13-4-3-12(25)16(24)15(13)21(33)32(20)14-5-2-10(22)6-11(14)23/h2-9H,1H3,(H2,26,27,28,29,30). The molecular formula is C21H13Cl3FN7O. The smallest absolute Gasteiger partial charge is 0.267 e. The number of benzene rings is 2. The second-order valence-corrected chi connectivity index (χ2v) is 8.37. The van der Waals surface area contributed by atoms with Gasteiger partial charge in [0.2, 0.25) is 0 Å². The highest BCUT2D eigenvalue weighted by atomic mass is 35.5. The van der Waals surface area contributed by atoms with Crippen molar-refractivity contribution in [3.8, 4) is 5.69 Å². The Balaban J connectivity index is 1.76. The van der Waals surface area contributed by atoms with Crippen LogP contribution < -0.4 is 10.9 Å². The van der Waals surface area contributed by atoms with E-state index in [0.717, 1.165) is 6.07 Å². The van der Waals surface area contributed by atoms with E-state index in [1.165, 1.54) is 29.4 Å². The van der Waals surface area contributed by atoms with Gasteiger partial charge in [0.15, 0.2) is 11.5 Å². The summed E-state index contributed by atoms with van der Waals surface area (Å²) in [6.07, 6.45) is 2.89. The van der Waals surface area contributed by atoms with Crippen LogP contribution in [0.2, 0.25) is 15.1 Å². The van der Waals surface area contributed by atoms with E-state index in [1.54, 1.807) is 19.1 Å². The molecule has 166 valence electrons. The lowest BCUT2D eigenvalue weighted by atomic mass is 10.2. The fraction of sp³-hybridized carbons (Fsp3) is 0.0952. The van der Waals surface area contributed by atoms with Crippen LogP contribution in [0.3, 0.4) is 0 Å². The molecule has 0 bridgehead atoms. The molecule has 1 unspecified atom stereocenters. The van der Waals surface area contributed by atoms with Gasteiger partial charge < -0.3 is 10.3 Å². The number of hydrogen-bond donors (Lipinski definition) is 2. The molecule has 0 amide bonds. The highest BCUT2D eigenvalue weighted by Gasteiger charge is 2.23. The van der Waals surface area contributed by atoms with Crippen LogP contribution in [0.5, 0.6) is 0 Å². The first kappa shape index (κ1) is 21.6. The van der Waals surface area contributed by atoms with E-state index < -0.39 is 17.4 Å². The first-order chi connectivity index (χ1) is 15.8. The Morgan fingerprint density at radius 3 is 2.73 bits per heavy atom. The van der Waals surface area contributed by atoms with E-state index in [9.17, 15) is 9.18 Å². The molecule has 0 fully saturated rings. The molecule has 2 aromatic carbocycles. The molecule has 5 rings (SSSR count). The molecule has 0 radical (unpaired) electrons. The number of anilines is 1. The molecule has 0 spiro atoms. The van der Waals surface area contributed by atoms with Crippen molar-refractivity contribution in [2.75, 3.05) is 5.32 Å². The third-order valence-electron chi connectivity index (χ3n) is 5.06. The number of nitrogens with zero attached hydrogens (tertiary/aromatic N) is 5. The maximum absolute atomic E-state index is 14.2. The summed E-state index contributed by atoms with van der Waals surface area (Å²) in [5.74, 6) is 0.00772. The summed E-state index contributed by atoms with van der Waals surface area (Å²) < 4.78 is 15.5. The molecule has 33 heavy (non-hydrogen) atoms. The predicted molar refractivity (Wildman–Crippen MR) is 126 cm³/mol. The minimum absolute atomic E-state index is 0.0599. The van der Waals surface area contributed by atoms with Crippen molar-refractivity contribution in [2.24, 2.45) is 0 Å². The van der Waals surface area contributed by atoms with Crippen molar-refractivity contribution in [2.45, 2.75) is 13.0 Å². The highest BCUT2D eigenvalue weighted by Crippen LogP contribution is 2.30. The van der Waals surface area contributed by atoms with Gasteiger partial charge in [0.05, 0.1) is 39.0 Å². The van der Waals surface area contributed by atoms with Gasteiger partial charge in [-0.05, 0) is 37.3 Å². The Labute approximate surface area is 200 Å². The number of aromatic amines is 1. The zero-order valence-electron chi connectivity index (χ0n) is 16.8. The third kappa shape index (κ3) is 3.68. The summed E-state index contributed by atoms with van der Waals surface area (Å²) in [5.41, 5.74) is 1.05.